The maximum absolute atomic E-state index is 14.6. The molecule has 0 bridgehead atoms. The van der Waals surface area contributed by atoms with Crippen molar-refractivity contribution in [3.8, 4) is 0 Å². The predicted molar refractivity (Wildman–Crippen MR) is 65.2 cm³/mol. The molecule has 3 N–H and O–H groups in total. The van der Waals surface area contributed by atoms with Gasteiger partial charge in [-0.05, 0) is 13.0 Å². The lowest BCUT2D eigenvalue weighted by Gasteiger charge is -2.24. The van der Waals surface area contributed by atoms with E-state index in [1.54, 1.807) is 5.48 Å². The fraction of sp³-hybridized carbons (Fsp3) is 0.636. The van der Waals surface area contributed by atoms with Crippen LogP contribution in [0.1, 0.15) is 13.2 Å². The minimum atomic E-state index is -2.18. The van der Waals surface area contributed by atoms with Crippen molar-refractivity contribution in [2.24, 2.45) is 0 Å². The molecule has 1 fully saturated rings. The van der Waals surface area contributed by atoms with Crippen LogP contribution in [0.5, 0.6) is 0 Å². The average molecular weight is 289 g/mol. The van der Waals surface area contributed by atoms with E-state index in [-0.39, 0.29) is 12.4 Å². The zero-order valence-corrected chi connectivity index (χ0v) is 11.0. The number of halogens is 1. The fourth-order valence-corrected chi connectivity index (χ4v) is 2.17. The van der Waals surface area contributed by atoms with Gasteiger partial charge in [0, 0.05) is 13.3 Å². The van der Waals surface area contributed by atoms with E-state index in [2.05, 4.69) is 4.98 Å². The Morgan fingerprint density at radius 1 is 1.70 bits per heavy atom. The highest BCUT2D eigenvalue weighted by atomic mass is 19.1. The summed E-state index contributed by atoms with van der Waals surface area (Å²) in [6.07, 6.45) is -2.43. The molecular formula is C11H16FN3O5. The number of anilines is 1. The SMILES string of the molecule is COC[C@H]1O[C@@H](n2ccc(NO)nc2=O)[C@](C)(F)C1O. The van der Waals surface area contributed by atoms with Gasteiger partial charge in [0.15, 0.2) is 17.7 Å². The summed E-state index contributed by atoms with van der Waals surface area (Å²) in [5.41, 5.74) is -1.28. The highest BCUT2D eigenvalue weighted by Gasteiger charge is 2.55. The fourth-order valence-electron chi connectivity index (χ4n) is 2.17. The Morgan fingerprint density at radius 3 is 2.95 bits per heavy atom. The number of nitrogens with zero attached hydrogens (tertiary/aromatic N) is 2. The van der Waals surface area contributed by atoms with E-state index in [0.29, 0.717) is 0 Å². The zero-order chi connectivity index (χ0) is 14.9. The molecule has 2 rings (SSSR count). The smallest absolute Gasteiger partial charge is 0.351 e. The summed E-state index contributed by atoms with van der Waals surface area (Å²) in [7, 11) is 1.40. The average Bonchev–Trinajstić information content (AvgIpc) is 2.63. The summed E-state index contributed by atoms with van der Waals surface area (Å²) < 4.78 is 25.7. The molecule has 8 nitrogen and oxygen atoms in total. The monoisotopic (exact) mass is 289 g/mol. The van der Waals surface area contributed by atoms with Gasteiger partial charge in [0.05, 0.1) is 6.61 Å². The molecule has 9 heteroatoms. The van der Waals surface area contributed by atoms with E-state index in [1.165, 1.54) is 19.4 Å². The maximum Gasteiger partial charge on any atom is 0.351 e. The lowest BCUT2D eigenvalue weighted by Crippen LogP contribution is -2.43. The lowest BCUT2D eigenvalue weighted by atomic mass is 9.98. The normalized spacial score (nSPS) is 33.4. The van der Waals surface area contributed by atoms with Crippen molar-refractivity contribution in [3.63, 3.8) is 0 Å². The molecule has 112 valence electrons. The third-order valence-corrected chi connectivity index (χ3v) is 3.25. The number of rotatable bonds is 4. The van der Waals surface area contributed by atoms with Gasteiger partial charge in [-0.2, -0.15) is 4.98 Å². The lowest BCUT2D eigenvalue weighted by molar-refractivity contribution is -0.0660. The number of nitrogens with one attached hydrogen (secondary N) is 1. The number of ether oxygens (including phenoxy) is 2. The van der Waals surface area contributed by atoms with Crippen molar-refractivity contribution >= 4 is 5.82 Å². The minimum Gasteiger partial charge on any atom is -0.387 e. The van der Waals surface area contributed by atoms with Gasteiger partial charge < -0.3 is 14.6 Å². The number of hydrogen-bond donors (Lipinski definition) is 3. The molecule has 1 aromatic rings. The van der Waals surface area contributed by atoms with Crippen molar-refractivity contribution in [1.29, 1.82) is 0 Å². The third kappa shape index (κ3) is 2.40. The molecule has 2 heterocycles. The number of aliphatic hydroxyl groups is 1. The van der Waals surface area contributed by atoms with Gasteiger partial charge in [0.1, 0.15) is 12.2 Å². The van der Waals surface area contributed by atoms with Crippen LogP contribution in [0.25, 0.3) is 0 Å². The van der Waals surface area contributed by atoms with Gasteiger partial charge in [0.2, 0.25) is 0 Å². The van der Waals surface area contributed by atoms with Gasteiger partial charge in [-0.1, -0.05) is 0 Å². The van der Waals surface area contributed by atoms with Crippen LogP contribution < -0.4 is 11.2 Å². The molecule has 0 aromatic carbocycles. The third-order valence-electron chi connectivity index (χ3n) is 3.25. The second kappa shape index (κ2) is 5.44. The van der Waals surface area contributed by atoms with Crippen molar-refractivity contribution < 1.29 is 24.2 Å². The quantitative estimate of drug-likeness (QED) is 0.652. The highest BCUT2D eigenvalue weighted by Crippen LogP contribution is 2.40. The van der Waals surface area contributed by atoms with Crippen LogP contribution in [0.3, 0.4) is 0 Å². The second-order valence-corrected chi connectivity index (χ2v) is 4.69. The first-order valence-electron chi connectivity index (χ1n) is 5.92. The van der Waals surface area contributed by atoms with E-state index in [9.17, 15) is 14.3 Å². The molecule has 1 aliphatic heterocycles. The van der Waals surface area contributed by atoms with Gasteiger partial charge in [-0.25, -0.2) is 9.18 Å². The standard InChI is InChI=1S/C11H16FN3O5/c1-11(12)8(16)6(5-19-2)20-9(11)15-4-3-7(14-18)13-10(15)17/h3-4,6,8-9,16,18H,5H2,1-2H3,(H,13,14,17)/t6-,8?,9-,11-/m1/s1. The van der Waals surface area contributed by atoms with E-state index < -0.39 is 29.8 Å². The molecular weight excluding hydrogens is 273 g/mol. The number of methoxy groups -OCH3 is 1. The maximum atomic E-state index is 14.6. The first-order valence-corrected chi connectivity index (χ1v) is 5.92. The van der Waals surface area contributed by atoms with Crippen molar-refractivity contribution in [3.05, 3.63) is 22.7 Å². The predicted octanol–water partition coefficient (Wildman–Crippen LogP) is -0.323. The summed E-state index contributed by atoms with van der Waals surface area (Å²) in [4.78, 5) is 15.3. The van der Waals surface area contributed by atoms with Crippen molar-refractivity contribution in [2.75, 3.05) is 19.2 Å². The first-order chi connectivity index (χ1) is 9.41. The zero-order valence-electron chi connectivity index (χ0n) is 11.0. The Balaban J connectivity index is 2.35. The molecule has 1 aromatic heterocycles. The van der Waals surface area contributed by atoms with Crippen LogP contribution in [0, 0.1) is 0 Å². The van der Waals surface area contributed by atoms with E-state index >= 15 is 0 Å². The van der Waals surface area contributed by atoms with E-state index in [1.807, 2.05) is 0 Å². The Kier molecular flexibility index (Phi) is 4.04. The summed E-state index contributed by atoms with van der Waals surface area (Å²) in [5.74, 6) is -0.0706. The molecule has 0 spiro atoms. The topological polar surface area (TPSA) is 106 Å². The largest absolute Gasteiger partial charge is 0.387 e. The molecule has 1 saturated heterocycles. The molecule has 0 amide bonds. The van der Waals surface area contributed by atoms with Gasteiger partial charge in [-0.15, -0.1) is 0 Å². The molecule has 1 unspecified atom stereocenters. The number of hydrogen-bond acceptors (Lipinski definition) is 7. The molecule has 0 radical (unpaired) electrons. The highest BCUT2D eigenvalue weighted by molar-refractivity contribution is 5.28. The minimum absolute atomic E-state index is 0.00433. The molecule has 20 heavy (non-hydrogen) atoms. The summed E-state index contributed by atoms with van der Waals surface area (Å²) >= 11 is 0. The molecule has 0 saturated carbocycles. The Bertz CT molecular complexity index is 535. The molecule has 1 aliphatic rings. The van der Waals surface area contributed by atoms with Gasteiger partial charge >= 0.3 is 5.69 Å². The van der Waals surface area contributed by atoms with E-state index in [0.717, 1.165) is 11.5 Å². The number of aliphatic hydroxyl groups excluding tert-OH is 1. The van der Waals surface area contributed by atoms with Crippen LogP contribution in [-0.2, 0) is 9.47 Å². The van der Waals surface area contributed by atoms with Gasteiger partial charge in [0.25, 0.3) is 0 Å². The Labute approximate surface area is 113 Å². The Hall–Kier alpha value is -1.55. The van der Waals surface area contributed by atoms with Crippen molar-refractivity contribution in [1.82, 2.24) is 9.55 Å². The summed E-state index contributed by atoms with van der Waals surface area (Å²) in [5, 5.41) is 18.6. The van der Waals surface area contributed by atoms with Crippen LogP contribution in [0.2, 0.25) is 0 Å². The van der Waals surface area contributed by atoms with Crippen LogP contribution in [0.4, 0.5) is 10.2 Å². The van der Waals surface area contributed by atoms with Gasteiger partial charge in [-0.3, -0.25) is 15.3 Å². The van der Waals surface area contributed by atoms with Crippen LogP contribution >= 0.6 is 0 Å². The summed E-state index contributed by atoms with van der Waals surface area (Å²) in [6.45, 7) is 1.14. The summed E-state index contributed by atoms with van der Waals surface area (Å²) in [6, 6.07) is 1.27. The van der Waals surface area contributed by atoms with Crippen LogP contribution in [0.15, 0.2) is 17.1 Å². The number of aromatic nitrogens is 2. The second-order valence-electron chi connectivity index (χ2n) is 4.69. The molecule has 4 atom stereocenters. The van der Waals surface area contributed by atoms with Crippen molar-refractivity contribution in [2.45, 2.75) is 31.0 Å². The Morgan fingerprint density at radius 2 is 2.40 bits per heavy atom. The van der Waals surface area contributed by atoms with E-state index in [4.69, 9.17) is 14.7 Å². The number of alkyl halides is 1. The first kappa shape index (κ1) is 14.9. The molecule has 0 aliphatic carbocycles. The van der Waals surface area contributed by atoms with Crippen LogP contribution in [-0.4, -0.2) is 51.5 Å².